The Labute approximate surface area is 202 Å². The van der Waals surface area contributed by atoms with E-state index in [2.05, 4.69) is 13.8 Å². The van der Waals surface area contributed by atoms with Crippen molar-refractivity contribution in [2.45, 2.75) is 57.5 Å². The Morgan fingerprint density at radius 2 is 1.65 bits per heavy atom. The first-order valence-electron chi connectivity index (χ1n) is 11.9. The highest BCUT2D eigenvalue weighted by atomic mass is 32.2. The molecule has 1 aliphatic rings. The number of ether oxygens (including phenoxy) is 1. The fourth-order valence-electron chi connectivity index (χ4n) is 4.16. The zero-order chi connectivity index (χ0) is 24.7. The third kappa shape index (κ3) is 6.04. The Morgan fingerprint density at radius 1 is 1.03 bits per heavy atom. The van der Waals surface area contributed by atoms with Crippen LogP contribution in [0.25, 0.3) is 0 Å². The molecule has 2 aromatic rings. The number of sulfonamides is 1. The second-order valence-electron chi connectivity index (χ2n) is 8.63. The van der Waals surface area contributed by atoms with Gasteiger partial charge in [-0.1, -0.05) is 37.3 Å². The van der Waals surface area contributed by atoms with Gasteiger partial charge in [0, 0.05) is 31.6 Å². The molecule has 0 spiro atoms. The maximum absolute atomic E-state index is 13.4. The summed E-state index contributed by atoms with van der Waals surface area (Å²) in [6.45, 7) is 7.23. The molecule has 0 aliphatic carbocycles. The number of hydrogen-bond acceptors (Lipinski definition) is 5. The van der Waals surface area contributed by atoms with Crippen molar-refractivity contribution < 1.29 is 22.7 Å². The van der Waals surface area contributed by atoms with E-state index in [0.717, 1.165) is 12.0 Å². The molecule has 1 unspecified atom stereocenters. The summed E-state index contributed by atoms with van der Waals surface area (Å²) >= 11 is 0. The molecule has 3 rings (SSSR count). The maximum atomic E-state index is 13.4. The molecule has 1 heterocycles. The second-order valence-corrected chi connectivity index (χ2v) is 10.6. The zero-order valence-electron chi connectivity index (χ0n) is 20.1. The highest BCUT2D eigenvalue weighted by Gasteiger charge is 2.34. The summed E-state index contributed by atoms with van der Waals surface area (Å²) in [5.74, 6) is -0.587. The zero-order valence-corrected chi connectivity index (χ0v) is 21.0. The summed E-state index contributed by atoms with van der Waals surface area (Å²) in [6, 6.07) is 15.8. The van der Waals surface area contributed by atoms with Crippen molar-refractivity contribution in [3.63, 3.8) is 0 Å². The summed E-state index contributed by atoms with van der Waals surface area (Å²) in [5.41, 5.74) is 1.40. The Morgan fingerprint density at radius 3 is 2.21 bits per heavy atom. The number of esters is 1. The number of hydrogen-bond donors (Lipinski definition) is 0. The lowest BCUT2D eigenvalue weighted by Crippen LogP contribution is -2.46. The molecule has 184 valence electrons. The van der Waals surface area contributed by atoms with Gasteiger partial charge >= 0.3 is 5.97 Å². The van der Waals surface area contributed by atoms with Crippen LogP contribution >= 0.6 is 0 Å². The fraction of sp³-hybridized carbons (Fsp3) is 0.462. The summed E-state index contributed by atoms with van der Waals surface area (Å²) in [6.07, 6.45) is 1.83. The fourth-order valence-corrected chi connectivity index (χ4v) is 5.63. The van der Waals surface area contributed by atoms with Crippen LogP contribution in [-0.4, -0.2) is 55.2 Å². The predicted octanol–water partition coefficient (Wildman–Crippen LogP) is 4.09. The molecule has 1 aliphatic heterocycles. The summed E-state index contributed by atoms with van der Waals surface area (Å²) in [4.78, 5) is 27.3. The van der Waals surface area contributed by atoms with Crippen LogP contribution in [0.15, 0.2) is 59.5 Å². The standard InChI is InChI=1S/C26H34N2O5S/c1-4-20(3)28(19-21-9-7-6-8-10-21)25(29)22-15-17-27(18-16-22)34(31,32)24-13-11-23(12-14-24)26(30)33-5-2/h6-14,20,22H,4-5,15-19H2,1-3H3. The SMILES string of the molecule is CCOC(=O)c1ccc(S(=O)(=O)N2CCC(C(=O)N(Cc3ccccc3)C(C)CC)CC2)cc1. The van der Waals surface area contributed by atoms with Crippen LogP contribution in [0.2, 0.25) is 0 Å². The van der Waals surface area contributed by atoms with Crippen LogP contribution in [0, 0.1) is 5.92 Å². The maximum Gasteiger partial charge on any atom is 0.338 e. The van der Waals surface area contributed by atoms with Gasteiger partial charge in [-0.25, -0.2) is 13.2 Å². The minimum Gasteiger partial charge on any atom is -0.462 e. The van der Waals surface area contributed by atoms with Crippen LogP contribution in [0.1, 0.15) is 56.0 Å². The Kier molecular flexibility index (Phi) is 8.85. The van der Waals surface area contributed by atoms with Gasteiger partial charge in [0.05, 0.1) is 17.1 Å². The second kappa shape index (κ2) is 11.6. The van der Waals surface area contributed by atoms with Gasteiger partial charge in [-0.15, -0.1) is 0 Å². The van der Waals surface area contributed by atoms with Crippen molar-refractivity contribution >= 4 is 21.9 Å². The first kappa shape index (κ1) is 25.9. The van der Waals surface area contributed by atoms with Crippen LogP contribution in [-0.2, 0) is 26.1 Å². The van der Waals surface area contributed by atoms with E-state index in [1.807, 2.05) is 35.2 Å². The first-order chi connectivity index (χ1) is 16.3. The van der Waals surface area contributed by atoms with E-state index < -0.39 is 16.0 Å². The lowest BCUT2D eigenvalue weighted by Gasteiger charge is -2.36. The summed E-state index contributed by atoms with van der Waals surface area (Å²) in [7, 11) is -3.70. The van der Waals surface area contributed by atoms with Crippen LogP contribution in [0.4, 0.5) is 0 Å². The minimum atomic E-state index is -3.70. The van der Waals surface area contributed by atoms with Crippen LogP contribution in [0.3, 0.4) is 0 Å². The van der Waals surface area contributed by atoms with Crippen molar-refractivity contribution in [2.24, 2.45) is 5.92 Å². The summed E-state index contributed by atoms with van der Waals surface area (Å²) < 4.78 is 32.6. The third-order valence-corrected chi connectivity index (χ3v) is 8.32. The van der Waals surface area contributed by atoms with Gasteiger partial charge in [-0.2, -0.15) is 4.31 Å². The van der Waals surface area contributed by atoms with Gasteiger partial charge in [-0.3, -0.25) is 4.79 Å². The van der Waals surface area contributed by atoms with Gasteiger partial charge in [0.15, 0.2) is 0 Å². The highest BCUT2D eigenvalue weighted by molar-refractivity contribution is 7.89. The molecule has 0 saturated carbocycles. The van der Waals surface area contributed by atoms with Gasteiger partial charge in [0.25, 0.3) is 0 Å². The van der Waals surface area contributed by atoms with Crippen molar-refractivity contribution in [3.8, 4) is 0 Å². The molecular formula is C26H34N2O5S. The van der Waals surface area contributed by atoms with E-state index >= 15 is 0 Å². The van der Waals surface area contributed by atoms with Gasteiger partial charge in [0.2, 0.25) is 15.9 Å². The molecule has 0 N–H and O–H groups in total. The lowest BCUT2D eigenvalue weighted by molar-refractivity contribution is -0.139. The topological polar surface area (TPSA) is 84.0 Å². The third-order valence-electron chi connectivity index (χ3n) is 6.41. The molecule has 1 saturated heterocycles. The Bertz CT molecular complexity index is 1060. The van der Waals surface area contributed by atoms with E-state index in [-0.39, 0.29) is 42.5 Å². The molecule has 34 heavy (non-hydrogen) atoms. The molecule has 1 fully saturated rings. The summed E-state index contributed by atoms with van der Waals surface area (Å²) in [5, 5.41) is 0. The molecule has 8 heteroatoms. The monoisotopic (exact) mass is 486 g/mol. The van der Waals surface area contributed by atoms with E-state index in [1.54, 1.807) is 6.92 Å². The number of carbonyl (C=O) groups is 2. The largest absolute Gasteiger partial charge is 0.462 e. The molecule has 0 bridgehead atoms. The van der Waals surface area contributed by atoms with E-state index in [0.29, 0.717) is 24.9 Å². The van der Waals surface area contributed by atoms with Gasteiger partial charge in [0.1, 0.15) is 0 Å². The molecule has 0 radical (unpaired) electrons. The minimum absolute atomic E-state index is 0.0917. The molecule has 2 aromatic carbocycles. The van der Waals surface area contributed by atoms with Crippen LogP contribution in [0.5, 0.6) is 0 Å². The van der Waals surface area contributed by atoms with Crippen LogP contribution < -0.4 is 0 Å². The molecule has 1 amide bonds. The van der Waals surface area contributed by atoms with E-state index in [4.69, 9.17) is 4.74 Å². The Hall–Kier alpha value is -2.71. The highest BCUT2D eigenvalue weighted by Crippen LogP contribution is 2.27. The lowest BCUT2D eigenvalue weighted by atomic mass is 9.95. The van der Waals surface area contributed by atoms with E-state index in [9.17, 15) is 18.0 Å². The van der Waals surface area contributed by atoms with E-state index in [1.165, 1.54) is 28.6 Å². The number of carbonyl (C=O) groups excluding carboxylic acids is 2. The normalized spacial score (nSPS) is 16.1. The molecule has 7 nitrogen and oxygen atoms in total. The number of amides is 1. The number of nitrogens with zero attached hydrogens (tertiary/aromatic N) is 2. The van der Waals surface area contributed by atoms with Crippen molar-refractivity contribution in [3.05, 3.63) is 65.7 Å². The first-order valence-corrected chi connectivity index (χ1v) is 13.3. The van der Waals surface area contributed by atoms with Crippen molar-refractivity contribution in [1.82, 2.24) is 9.21 Å². The van der Waals surface area contributed by atoms with Gasteiger partial charge < -0.3 is 9.64 Å². The smallest absolute Gasteiger partial charge is 0.338 e. The number of benzene rings is 2. The number of rotatable bonds is 9. The molecule has 1 atom stereocenters. The Balaban J connectivity index is 1.65. The average molecular weight is 487 g/mol. The number of piperidine rings is 1. The van der Waals surface area contributed by atoms with Crippen molar-refractivity contribution in [2.75, 3.05) is 19.7 Å². The predicted molar refractivity (Wildman–Crippen MR) is 131 cm³/mol. The molecule has 0 aromatic heterocycles. The van der Waals surface area contributed by atoms with Gasteiger partial charge in [-0.05, 0) is 62.9 Å². The quantitative estimate of drug-likeness (QED) is 0.499. The molecular weight excluding hydrogens is 452 g/mol. The average Bonchev–Trinajstić information content (AvgIpc) is 2.87. The van der Waals surface area contributed by atoms with Crippen molar-refractivity contribution in [1.29, 1.82) is 0 Å².